The highest BCUT2D eigenvalue weighted by atomic mass is 16.3. The summed E-state index contributed by atoms with van der Waals surface area (Å²) in [6.07, 6.45) is 1.81. The Morgan fingerprint density at radius 2 is 2.06 bits per heavy atom. The number of piperidine rings is 1. The van der Waals surface area contributed by atoms with Crippen molar-refractivity contribution in [1.29, 1.82) is 0 Å². The first-order valence-electron chi connectivity index (χ1n) is 6.21. The highest BCUT2D eigenvalue weighted by Crippen LogP contribution is 2.19. The molecule has 1 atom stereocenters. The van der Waals surface area contributed by atoms with Crippen LogP contribution < -0.4 is 0 Å². The summed E-state index contributed by atoms with van der Waals surface area (Å²) < 4.78 is 0. The Labute approximate surface area is 98.2 Å². The first-order valence-corrected chi connectivity index (χ1v) is 6.21. The van der Waals surface area contributed by atoms with E-state index in [1.165, 1.54) is 0 Å². The van der Waals surface area contributed by atoms with Gasteiger partial charge in [0.2, 0.25) is 5.91 Å². The molecule has 1 rings (SSSR count). The van der Waals surface area contributed by atoms with Gasteiger partial charge in [-0.25, -0.2) is 0 Å². The van der Waals surface area contributed by atoms with Crippen LogP contribution in [-0.2, 0) is 4.79 Å². The fraction of sp³-hybridized carbons (Fsp3) is 0.917. The van der Waals surface area contributed by atoms with Crippen LogP contribution in [0.5, 0.6) is 0 Å². The minimum atomic E-state index is -0.623. The molecule has 0 bridgehead atoms. The number of hydrogen-bond donors (Lipinski definition) is 1. The number of likely N-dealkylation sites (tertiary alicyclic amines) is 1. The Morgan fingerprint density at radius 1 is 1.44 bits per heavy atom. The summed E-state index contributed by atoms with van der Waals surface area (Å²) in [6, 6.07) is 0. The van der Waals surface area contributed by atoms with Crippen molar-refractivity contribution < 1.29 is 9.90 Å². The van der Waals surface area contributed by atoms with Gasteiger partial charge in [0.15, 0.2) is 0 Å². The average Bonchev–Trinajstić information content (AvgIpc) is 2.17. The van der Waals surface area contributed by atoms with E-state index in [1.54, 1.807) is 0 Å². The van der Waals surface area contributed by atoms with Crippen molar-refractivity contribution in [3.63, 3.8) is 0 Å². The predicted molar refractivity (Wildman–Crippen MR) is 64.2 cm³/mol. The maximum atomic E-state index is 11.9. The molecule has 0 aromatic rings. The molecular weight excluding hydrogens is 204 g/mol. The van der Waals surface area contributed by atoms with Crippen LogP contribution in [0.2, 0.25) is 0 Å². The van der Waals surface area contributed by atoms with Gasteiger partial charge in [0.1, 0.15) is 0 Å². The number of aliphatic hydroxyl groups is 1. The largest absolute Gasteiger partial charge is 0.389 e. The lowest BCUT2D eigenvalue weighted by molar-refractivity contribution is -0.133. The number of amides is 1. The van der Waals surface area contributed by atoms with Gasteiger partial charge in [-0.1, -0.05) is 0 Å². The molecule has 1 aliphatic heterocycles. The van der Waals surface area contributed by atoms with E-state index < -0.39 is 5.60 Å². The van der Waals surface area contributed by atoms with Crippen LogP contribution in [0, 0.1) is 0 Å². The third kappa shape index (κ3) is 3.76. The minimum absolute atomic E-state index is 0.169. The summed E-state index contributed by atoms with van der Waals surface area (Å²) in [6.45, 7) is 9.34. The fourth-order valence-corrected chi connectivity index (χ4v) is 2.33. The number of rotatable bonds is 4. The summed E-state index contributed by atoms with van der Waals surface area (Å²) in [5, 5.41) is 9.94. The highest BCUT2D eigenvalue weighted by Gasteiger charge is 2.29. The molecule has 16 heavy (non-hydrogen) atoms. The molecule has 0 aromatic heterocycles. The van der Waals surface area contributed by atoms with Crippen LogP contribution in [-0.4, -0.2) is 59.1 Å². The molecule has 0 saturated carbocycles. The SMILES string of the molecule is CCN(CC)C(=O)CN1CCCC(C)(O)C1. The van der Waals surface area contributed by atoms with Crippen LogP contribution >= 0.6 is 0 Å². The van der Waals surface area contributed by atoms with Crippen molar-refractivity contribution >= 4 is 5.91 Å². The van der Waals surface area contributed by atoms with E-state index in [9.17, 15) is 9.90 Å². The van der Waals surface area contributed by atoms with Crippen molar-refractivity contribution in [3.8, 4) is 0 Å². The van der Waals surface area contributed by atoms with Crippen molar-refractivity contribution in [1.82, 2.24) is 9.80 Å². The molecule has 0 aromatic carbocycles. The highest BCUT2D eigenvalue weighted by molar-refractivity contribution is 5.78. The van der Waals surface area contributed by atoms with Gasteiger partial charge < -0.3 is 10.0 Å². The number of β-amino-alcohol motifs (C(OH)–C–C–N with tert-alkyl or cyclic N) is 1. The molecule has 0 spiro atoms. The molecule has 1 saturated heterocycles. The maximum absolute atomic E-state index is 11.9. The lowest BCUT2D eigenvalue weighted by Gasteiger charge is -2.37. The maximum Gasteiger partial charge on any atom is 0.236 e. The number of likely N-dealkylation sites (N-methyl/N-ethyl adjacent to an activating group) is 1. The number of nitrogens with zero attached hydrogens (tertiary/aromatic N) is 2. The van der Waals surface area contributed by atoms with Crippen LogP contribution in [0.1, 0.15) is 33.6 Å². The van der Waals surface area contributed by atoms with Gasteiger partial charge >= 0.3 is 0 Å². The number of carbonyl (C=O) groups excluding carboxylic acids is 1. The van der Waals surface area contributed by atoms with Gasteiger partial charge in [-0.05, 0) is 40.2 Å². The molecule has 1 N–H and O–H groups in total. The summed E-state index contributed by atoms with van der Waals surface area (Å²) in [5.74, 6) is 0.169. The van der Waals surface area contributed by atoms with E-state index >= 15 is 0 Å². The van der Waals surface area contributed by atoms with Crippen molar-refractivity contribution in [2.75, 3.05) is 32.7 Å². The predicted octanol–water partition coefficient (Wildman–Crippen LogP) is 0.702. The molecule has 4 nitrogen and oxygen atoms in total. The van der Waals surface area contributed by atoms with Crippen molar-refractivity contribution in [2.45, 2.75) is 39.2 Å². The van der Waals surface area contributed by atoms with Crippen molar-refractivity contribution in [2.24, 2.45) is 0 Å². The van der Waals surface area contributed by atoms with E-state index in [0.29, 0.717) is 13.1 Å². The second kappa shape index (κ2) is 5.64. The molecule has 1 amide bonds. The van der Waals surface area contributed by atoms with Gasteiger partial charge in [-0.3, -0.25) is 9.69 Å². The van der Waals surface area contributed by atoms with E-state index in [2.05, 4.69) is 4.90 Å². The standard InChI is InChI=1S/C12H24N2O2/c1-4-14(5-2)11(15)9-13-8-6-7-12(3,16)10-13/h16H,4-10H2,1-3H3. The van der Waals surface area contributed by atoms with Crippen LogP contribution in [0.4, 0.5) is 0 Å². The molecule has 1 fully saturated rings. The van der Waals surface area contributed by atoms with Gasteiger partial charge in [-0.15, -0.1) is 0 Å². The Kier molecular flexibility index (Phi) is 4.74. The third-order valence-corrected chi connectivity index (χ3v) is 3.23. The quantitative estimate of drug-likeness (QED) is 0.770. The Hall–Kier alpha value is -0.610. The monoisotopic (exact) mass is 228 g/mol. The number of carbonyl (C=O) groups is 1. The van der Waals surface area contributed by atoms with E-state index in [4.69, 9.17) is 0 Å². The molecular formula is C12H24N2O2. The normalized spacial score (nSPS) is 26.8. The zero-order chi connectivity index (χ0) is 12.2. The molecule has 0 aliphatic carbocycles. The molecule has 1 aliphatic rings. The molecule has 1 heterocycles. The number of hydrogen-bond acceptors (Lipinski definition) is 3. The first-order chi connectivity index (χ1) is 7.48. The second-order valence-electron chi connectivity index (χ2n) is 4.88. The van der Waals surface area contributed by atoms with Crippen molar-refractivity contribution in [3.05, 3.63) is 0 Å². The van der Waals surface area contributed by atoms with Crippen LogP contribution in [0.25, 0.3) is 0 Å². The van der Waals surface area contributed by atoms with Crippen LogP contribution in [0.15, 0.2) is 0 Å². The lowest BCUT2D eigenvalue weighted by Crippen LogP contribution is -2.50. The van der Waals surface area contributed by atoms with E-state index in [0.717, 1.165) is 32.5 Å². The smallest absolute Gasteiger partial charge is 0.236 e. The zero-order valence-electron chi connectivity index (χ0n) is 10.7. The van der Waals surface area contributed by atoms with Gasteiger partial charge in [0.25, 0.3) is 0 Å². The topological polar surface area (TPSA) is 43.8 Å². The lowest BCUT2D eigenvalue weighted by atomic mass is 9.95. The van der Waals surface area contributed by atoms with Gasteiger partial charge in [-0.2, -0.15) is 0 Å². The summed E-state index contributed by atoms with van der Waals surface area (Å²) in [7, 11) is 0. The van der Waals surface area contributed by atoms with Gasteiger partial charge in [0.05, 0.1) is 12.1 Å². The van der Waals surface area contributed by atoms with E-state index in [-0.39, 0.29) is 5.91 Å². The van der Waals surface area contributed by atoms with Gasteiger partial charge in [0, 0.05) is 19.6 Å². The summed E-state index contributed by atoms with van der Waals surface area (Å²) >= 11 is 0. The molecule has 1 unspecified atom stereocenters. The molecule has 4 heteroatoms. The van der Waals surface area contributed by atoms with E-state index in [1.807, 2.05) is 25.7 Å². The zero-order valence-corrected chi connectivity index (χ0v) is 10.7. The average molecular weight is 228 g/mol. The van der Waals surface area contributed by atoms with Crippen LogP contribution in [0.3, 0.4) is 0 Å². The Morgan fingerprint density at radius 3 is 2.56 bits per heavy atom. The summed E-state index contributed by atoms with van der Waals surface area (Å²) in [4.78, 5) is 15.8. The second-order valence-corrected chi connectivity index (χ2v) is 4.88. The third-order valence-electron chi connectivity index (χ3n) is 3.23. The Balaban J connectivity index is 2.44. The molecule has 94 valence electrons. The minimum Gasteiger partial charge on any atom is -0.389 e. The summed E-state index contributed by atoms with van der Waals surface area (Å²) in [5.41, 5.74) is -0.623. The molecule has 0 radical (unpaired) electrons. The first kappa shape index (κ1) is 13.5. The fourth-order valence-electron chi connectivity index (χ4n) is 2.33. The Bertz CT molecular complexity index is 237.